The van der Waals surface area contributed by atoms with Crippen molar-refractivity contribution in [3.63, 3.8) is 0 Å². The van der Waals surface area contributed by atoms with E-state index in [0.717, 1.165) is 30.7 Å². The summed E-state index contributed by atoms with van der Waals surface area (Å²) in [4.78, 5) is 2.35. The van der Waals surface area contributed by atoms with Crippen LogP contribution in [0.25, 0.3) is 10.4 Å². The van der Waals surface area contributed by atoms with Gasteiger partial charge in [-0.15, -0.1) is 0 Å². The Morgan fingerprint density at radius 3 is 2.40 bits per heavy atom. The van der Waals surface area contributed by atoms with Crippen molar-refractivity contribution >= 4 is 67.9 Å². The van der Waals surface area contributed by atoms with Crippen molar-refractivity contribution in [2.75, 3.05) is 13.1 Å². The normalized spacial score (nSPS) is 10.8. The smallest absolute Gasteiger partial charge is 0.314 e. The van der Waals surface area contributed by atoms with Crippen LogP contribution in [0.15, 0.2) is 12.1 Å². The summed E-state index contributed by atoms with van der Waals surface area (Å²) in [5.41, 5.74) is 0.846. The number of hydrogen-bond acceptors (Lipinski definition) is 3. The number of rotatable bonds is 3. The molecule has 108 valence electrons. The van der Waals surface area contributed by atoms with Gasteiger partial charge in [-0.05, 0) is 83.6 Å². The summed E-state index contributed by atoms with van der Waals surface area (Å²) in [6, 6.07) is 3.94. The van der Waals surface area contributed by atoms with Gasteiger partial charge in [0.15, 0.2) is 0 Å². The molecular weight excluding hydrogens is 516 g/mol. The first-order valence-electron chi connectivity index (χ1n) is 6.32. The third-order valence-corrected chi connectivity index (χ3v) is 7.18. The zero-order valence-corrected chi connectivity index (χ0v) is 17.4. The molecule has 1 heterocycles. The molecule has 0 saturated carbocycles. The minimum atomic E-state index is 0.147. The Balaban J connectivity index is 2.69. The molecule has 0 N–H and O–H groups in total. The highest BCUT2D eigenvalue weighted by Crippen LogP contribution is 2.37. The maximum absolute atomic E-state index is 12.4. The van der Waals surface area contributed by atoms with E-state index in [1.807, 2.05) is 12.1 Å². The molecule has 6 heteroatoms. The van der Waals surface area contributed by atoms with Gasteiger partial charge in [0, 0.05) is 12.0 Å². The van der Waals surface area contributed by atoms with Gasteiger partial charge in [-0.1, -0.05) is 28.4 Å². The van der Waals surface area contributed by atoms with Gasteiger partial charge < -0.3 is 5.11 Å². The second-order valence-electron chi connectivity index (χ2n) is 4.29. The van der Waals surface area contributed by atoms with Crippen LogP contribution in [-0.4, -0.2) is 13.1 Å². The molecule has 2 rings (SSSR count). The fourth-order valence-electron chi connectivity index (χ4n) is 1.94. The van der Waals surface area contributed by atoms with E-state index in [2.05, 4.69) is 70.5 Å². The fraction of sp³-hybridized carbons (Fsp3) is 0.357. The first-order valence-corrected chi connectivity index (χ1v) is 10.1. The molecule has 0 aliphatic rings. The minimum absolute atomic E-state index is 0.147. The van der Waals surface area contributed by atoms with Gasteiger partial charge in [-0.25, -0.2) is 4.58 Å². The summed E-state index contributed by atoms with van der Waals surface area (Å²) in [6.07, 6.45) is 0. The molecule has 0 amide bonds. The molecule has 1 aromatic carbocycles. The van der Waals surface area contributed by atoms with Crippen molar-refractivity contribution in [2.24, 2.45) is 0 Å². The summed E-state index contributed by atoms with van der Waals surface area (Å²) in [7, 11) is 0. The van der Waals surface area contributed by atoms with E-state index in [1.165, 1.54) is 8.86 Å². The molecule has 2 aromatic rings. The molecule has 0 bridgehead atoms. The van der Waals surface area contributed by atoms with Crippen LogP contribution in [0.1, 0.15) is 18.7 Å². The fourth-order valence-corrected chi connectivity index (χ4v) is 6.65. The van der Waals surface area contributed by atoms with Gasteiger partial charge in [0.2, 0.25) is 0 Å². The lowest BCUT2D eigenvalue weighted by Gasteiger charge is -2.15. The van der Waals surface area contributed by atoms with Crippen LogP contribution >= 0.6 is 67.9 Å². The Bertz CT molecular complexity index is 698. The zero-order chi connectivity index (χ0) is 14.9. The molecule has 0 aliphatic carbocycles. The highest BCUT2D eigenvalue weighted by Gasteiger charge is 2.13. The van der Waals surface area contributed by atoms with Crippen molar-refractivity contribution in [2.45, 2.75) is 20.8 Å². The molecule has 0 fully saturated rings. The maximum atomic E-state index is 12.4. The Labute approximate surface area is 154 Å². The van der Waals surface area contributed by atoms with E-state index in [-0.39, 0.29) is 5.75 Å². The third kappa shape index (κ3) is 3.38. The number of halogens is 2. The highest BCUT2D eigenvalue weighted by atomic mass is 127. The van der Waals surface area contributed by atoms with Gasteiger partial charge in [0.05, 0.1) is 4.88 Å². The van der Waals surface area contributed by atoms with Crippen molar-refractivity contribution in [1.29, 1.82) is 0 Å². The van der Waals surface area contributed by atoms with Gasteiger partial charge >= 0.3 is 3.98 Å². The van der Waals surface area contributed by atoms with Crippen molar-refractivity contribution < 1.29 is 5.11 Å². The molecule has 0 spiro atoms. The van der Waals surface area contributed by atoms with Crippen LogP contribution in [0.4, 0.5) is 0 Å². The van der Waals surface area contributed by atoms with E-state index in [1.54, 1.807) is 22.7 Å². The molecular formula is C14H15I2NOS2. The summed E-state index contributed by atoms with van der Waals surface area (Å²) in [5, 5.41) is 12.4. The van der Waals surface area contributed by atoms with Crippen LogP contribution in [0.2, 0.25) is 0 Å². The van der Waals surface area contributed by atoms with Crippen LogP contribution in [-0.2, 0) is 0 Å². The molecule has 0 unspecified atom stereocenters. The molecule has 0 radical (unpaired) electrons. The maximum Gasteiger partial charge on any atom is 0.314 e. The van der Waals surface area contributed by atoms with E-state index >= 15 is 0 Å². The van der Waals surface area contributed by atoms with Crippen LogP contribution in [0, 0.1) is 14.1 Å². The average molecular weight is 531 g/mol. The predicted octanol–water partition coefficient (Wildman–Crippen LogP) is 3.88. The molecule has 20 heavy (non-hydrogen) atoms. The van der Waals surface area contributed by atoms with Gasteiger partial charge in [-0.2, -0.15) is 0 Å². The number of hydrogen-bond donors (Lipinski definition) is 0. The monoisotopic (exact) mass is 531 g/mol. The largest absolute Gasteiger partial charge is 0.871 e. The lowest BCUT2D eigenvalue weighted by molar-refractivity contribution is -0.268. The Morgan fingerprint density at radius 2 is 1.80 bits per heavy atom. The Kier molecular flexibility index (Phi) is 5.89. The Hall–Kier alpha value is 0.330. The second-order valence-corrected chi connectivity index (χ2v) is 9.16. The topological polar surface area (TPSA) is 26.1 Å². The van der Waals surface area contributed by atoms with E-state index in [9.17, 15) is 5.11 Å². The molecule has 0 atom stereocenters. The van der Waals surface area contributed by atoms with Crippen molar-refractivity contribution in [3.05, 3.63) is 28.1 Å². The van der Waals surface area contributed by atoms with E-state index in [4.69, 9.17) is 0 Å². The van der Waals surface area contributed by atoms with Crippen molar-refractivity contribution in [3.8, 4) is 16.2 Å². The zero-order valence-electron chi connectivity index (χ0n) is 11.5. The number of aryl methyl sites for hydroxylation is 1. The minimum Gasteiger partial charge on any atom is -0.871 e. The van der Waals surface area contributed by atoms with E-state index < -0.39 is 0 Å². The summed E-state index contributed by atoms with van der Waals surface area (Å²) in [6.45, 7) is 8.44. The summed E-state index contributed by atoms with van der Waals surface area (Å²) in [5.74, 6) is 0.147. The molecule has 1 aromatic heterocycles. The van der Waals surface area contributed by atoms with Crippen LogP contribution in [0.3, 0.4) is 0 Å². The van der Waals surface area contributed by atoms with Crippen molar-refractivity contribution in [1.82, 2.24) is 4.58 Å². The van der Waals surface area contributed by atoms with Crippen LogP contribution < -0.4 is 13.7 Å². The third-order valence-electron chi connectivity index (χ3n) is 3.02. The summed E-state index contributed by atoms with van der Waals surface area (Å²) < 4.78 is 5.54. The SMILES string of the molecule is CC[N+](CC)=c1sc(C)c(-c2cc(I)cc(I)c2[O-])s1. The first-order chi connectivity index (χ1) is 9.47. The summed E-state index contributed by atoms with van der Waals surface area (Å²) >= 11 is 7.93. The first kappa shape index (κ1) is 16.7. The van der Waals surface area contributed by atoms with Gasteiger partial charge in [0.25, 0.3) is 0 Å². The number of benzene rings is 1. The second kappa shape index (κ2) is 7.06. The van der Waals surface area contributed by atoms with Gasteiger partial charge in [-0.3, -0.25) is 0 Å². The van der Waals surface area contributed by atoms with E-state index in [0.29, 0.717) is 0 Å². The number of nitrogens with zero attached hydrogens (tertiary/aromatic N) is 1. The molecule has 0 aliphatic heterocycles. The average Bonchev–Trinajstić information content (AvgIpc) is 2.77. The predicted molar refractivity (Wildman–Crippen MR) is 104 cm³/mol. The lowest BCUT2D eigenvalue weighted by atomic mass is 10.1. The lowest BCUT2D eigenvalue weighted by Crippen LogP contribution is -2.25. The highest BCUT2D eigenvalue weighted by molar-refractivity contribution is 14.1. The Morgan fingerprint density at radius 1 is 1.15 bits per heavy atom. The molecule has 2 nitrogen and oxygen atoms in total. The van der Waals surface area contributed by atoms with Crippen LogP contribution in [0.5, 0.6) is 5.75 Å². The van der Waals surface area contributed by atoms with Gasteiger partial charge in [0.1, 0.15) is 13.1 Å². The standard InChI is InChI=1S/C14H15I2NOS2/c1-4-17(5-2)14-19-8(3)13(20-14)10-6-9(15)7-11(16)12(10)18/h6-7H,4-5H2,1-3H3. The quantitative estimate of drug-likeness (QED) is 0.437. The molecule has 0 saturated heterocycles.